The van der Waals surface area contributed by atoms with E-state index in [0.29, 0.717) is 35.7 Å². The quantitative estimate of drug-likeness (QED) is 0.453. The van der Waals surface area contributed by atoms with Gasteiger partial charge in [-0.3, -0.25) is 4.79 Å². The van der Waals surface area contributed by atoms with Crippen molar-refractivity contribution in [1.29, 1.82) is 0 Å². The Morgan fingerprint density at radius 1 is 1.00 bits per heavy atom. The van der Waals surface area contributed by atoms with E-state index in [0.717, 1.165) is 5.56 Å². The molecule has 0 aliphatic rings. The molecular formula is C22H28N2O6. The Balaban J connectivity index is 1.85. The Bertz CT molecular complexity index is 882. The molecule has 0 saturated heterocycles. The largest absolute Gasteiger partial charge is 0.493 e. The smallest absolute Gasteiger partial charge is 0.338 e. The number of esters is 1. The molecule has 162 valence electrons. The fourth-order valence-electron chi connectivity index (χ4n) is 2.65. The first-order valence-electron chi connectivity index (χ1n) is 9.55. The van der Waals surface area contributed by atoms with Gasteiger partial charge in [-0.05, 0) is 56.2 Å². The number of rotatable bonds is 10. The molecule has 0 saturated carbocycles. The summed E-state index contributed by atoms with van der Waals surface area (Å²) in [6.07, 6.45) is 0.376. The molecule has 0 fully saturated rings. The maximum atomic E-state index is 12.1. The number of amides is 1. The van der Waals surface area contributed by atoms with Crippen molar-refractivity contribution in [3.05, 3.63) is 47.5 Å². The molecule has 0 atom stereocenters. The van der Waals surface area contributed by atoms with Crippen molar-refractivity contribution in [3.8, 4) is 17.2 Å². The van der Waals surface area contributed by atoms with Crippen LogP contribution in [0, 0.1) is 0 Å². The molecule has 0 spiro atoms. The highest BCUT2D eigenvalue weighted by molar-refractivity contribution is 5.91. The molecule has 0 radical (unpaired) electrons. The van der Waals surface area contributed by atoms with Crippen LogP contribution in [0.3, 0.4) is 0 Å². The second-order valence-corrected chi connectivity index (χ2v) is 6.78. The van der Waals surface area contributed by atoms with E-state index >= 15 is 0 Å². The van der Waals surface area contributed by atoms with Gasteiger partial charge in [0.1, 0.15) is 5.75 Å². The lowest BCUT2D eigenvalue weighted by molar-refractivity contribution is -0.123. The van der Waals surface area contributed by atoms with Crippen molar-refractivity contribution < 1.29 is 28.5 Å². The number of carbonyl (C=O) groups is 2. The number of carbonyl (C=O) groups excluding carboxylic acids is 2. The maximum Gasteiger partial charge on any atom is 0.338 e. The van der Waals surface area contributed by atoms with Crippen LogP contribution < -0.4 is 25.3 Å². The fourth-order valence-corrected chi connectivity index (χ4v) is 2.65. The summed E-state index contributed by atoms with van der Waals surface area (Å²) in [5.74, 6) is 0.759. The summed E-state index contributed by atoms with van der Waals surface area (Å²) in [5.41, 5.74) is 7.50. The highest BCUT2D eigenvalue weighted by Gasteiger charge is 2.13. The lowest BCUT2D eigenvalue weighted by Gasteiger charge is -2.12. The Morgan fingerprint density at radius 3 is 2.40 bits per heavy atom. The van der Waals surface area contributed by atoms with Crippen LogP contribution in [-0.4, -0.2) is 45.4 Å². The molecule has 0 bridgehead atoms. The predicted molar refractivity (Wildman–Crippen MR) is 113 cm³/mol. The van der Waals surface area contributed by atoms with Crippen molar-refractivity contribution in [2.45, 2.75) is 26.4 Å². The van der Waals surface area contributed by atoms with E-state index in [9.17, 15) is 9.59 Å². The van der Waals surface area contributed by atoms with E-state index in [4.69, 9.17) is 24.7 Å². The number of benzene rings is 2. The highest BCUT2D eigenvalue weighted by Crippen LogP contribution is 2.27. The molecule has 0 heterocycles. The molecule has 0 unspecified atom stereocenters. The number of anilines is 1. The summed E-state index contributed by atoms with van der Waals surface area (Å²) in [6.45, 7) is 3.73. The van der Waals surface area contributed by atoms with E-state index in [1.165, 1.54) is 6.07 Å². The van der Waals surface area contributed by atoms with Crippen LogP contribution in [0.25, 0.3) is 0 Å². The Kier molecular flexibility index (Phi) is 8.34. The number of hydrogen-bond donors (Lipinski definition) is 2. The Hall–Kier alpha value is -3.42. The lowest BCUT2D eigenvalue weighted by Crippen LogP contribution is -2.30. The number of methoxy groups -OCH3 is 2. The summed E-state index contributed by atoms with van der Waals surface area (Å²) in [6, 6.07) is 10.2. The Labute approximate surface area is 176 Å². The van der Waals surface area contributed by atoms with Gasteiger partial charge < -0.3 is 30.0 Å². The van der Waals surface area contributed by atoms with Crippen molar-refractivity contribution in [2.24, 2.45) is 0 Å². The van der Waals surface area contributed by atoms with Gasteiger partial charge in [-0.2, -0.15) is 0 Å². The summed E-state index contributed by atoms with van der Waals surface area (Å²) < 4.78 is 21.1. The molecule has 3 N–H and O–H groups in total. The average molecular weight is 416 g/mol. The van der Waals surface area contributed by atoms with Crippen LogP contribution in [0.1, 0.15) is 29.8 Å². The van der Waals surface area contributed by atoms with E-state index in [1.807, 2.05) is 18.2 Å². The molecule has 8 nitrogen and oxygen atoms in total. The van der Waals surface area contributed by atoms with Gasteiger partial charge >= 0.3 is 5.97 Å². The third-order valence-corrected chi connectivity index (χ3v) is 4.13. The molecule has 8 heteroatoms. The molecule has 2 aromatic carbocycles. The molecule has 0 aliphatic heterocycles. The zero-order valence-electron chi connectivity index (χ0n) is 17.7. The van der Waals surface area contributed by atoms with Gasteiger partial charge in [0.2, 0.25) is 0 Å². The van der Waals surface area contributed by atoms with Gasteiger partial charge in [0, 0.05) is 6.54 Å². The molecule has 30 heavy (non-hydrogen) atoms. The highest BCUT2D eigenvalue weighted by atomic mass is 16.5. The fraction of sp³-hybridized carbons (Fsp3) is 0.364. The third-order valence-electron chi connectivity index (χ3n) is 4.13. The van der Waals surface area contributed by atoms with Crippen molar-refractivity contribution >= 4 is 17.6 Å². The average Bonchev–Trinajstić information content (AvgIpc) is 2.72. The molecule has 2 rings (SSSR count). The second kappa shape index (κ2) is 10.9. The number of hydrogen-bond acceptors (Lipinski definition) is 7. The summed E-state index contributed by atoms with van der Waals surface area (Å²) in [5, 5.41) is 2.78. The predicted octanol–water partition coefficient (Wildman–Crippen LogP) is 2.59. The van der Waals surface area contributed by atoms with Crippen LogP contribution in [0.2, 0.25) is 0 Å². The monoisotopic (exact) mass is 416 g/mol. The van der Waals surface area contributed by atoms with Crippen molar-refractivity contribution in [3.63, 3.8) is 0 Å². The van der Waals surface area contributed by atoms with Crippen molar-refractivity contribution in [1.82, 2.24) is 5.32 Å². The van der Waals surface area contributed by atoms with Crippen LogP contribution in [-0.2, 0) is 16.0 Å². The van der Waals surface area contributed by atoms with Crippen LogP contribution in [0.5, 0.6) is 17.2 Å². The van der Waals surface area contributed by atoms with Gasteiger partial charge in [0.15, 0.2) is 18.1 Å². The minimum atomic E-state index is -0.478. The maximum absolute atomic E-state index is 12.1. The lowest BCUT2D eigenvalue weighted by atomic mass is 10.1. The molecule has 1 amide bonds. The molecular weight excluding hydrogens is 388 g/mol. The number of nitrogens with two attached hydrogens (primary N) is 1. The minimum absolute atomic E-state index is 0.223. The van der Waals surface area contributed by atoms with Gasteiger partial charge in [0.05, 0.1) is 31.6 Å². The van der Waals surface area contributed by atoms with E-state index < -0.39 is 5.97 Å². The topological polar surface area (TPSA) is 109 Å². The first-order chi connectivity index (χ1) is 14.3. The first kappa shape index (κ1) is 22.9. The molecule has 2 aromatic rings. The number of nitrogen functional groups attached to an aromatic ring is 1. The van der Waals surface area contributed by atoms with Crippen molar-refractivity contribution in [2.75, 3.05) is 33.1 Å². The SMILES string of the molecule is COc1ccc(CCNC(=O)COc2cc(C(=O)OC(C)C)ccc2N)cc1OC. The van der Waals surface area contributed by atoms with Gasteiger partial charge in [-0.15, -0.1) is 0 Å². The normalized spacial score (nSPS) is 10.4. The van der Waals surface area contributed by atoms with E-state index in [1.54, 1.807) is 40.2 Å². The van der Waals surface area contributed by atoms with Gasteiger partial charge in [0.25, 0.3) is 5.91 Å². The molecule has 0 aromatic heterocycles. The van der Waals surface area contributed by atoms with E-state index in [2.05, 4.69) is 5.32 Å². The zero-order valence-corrected chi connectivity index (χ0v) is 17.7. The summed E-state index contributed by atoms with van der Waals surface area (Å²) in [7, 11) is 3.15. The summed E-state index contributed by atoms with van der Waals surface area (Å²) in [4.78, 5) is 24.1. The van der Waals surface area contributed by atoms with Crippen LogP contribution >= 0.6 is 0 Å². The number of nitrogens with one attached hydrogen (secondary N) is 1. The number of ether oxygens (including phenoxy) is 4. The van der Waals surface area contributed by atoms with Crippen LogP contribution in [0.15, 0.2) is 36.4 Å². The summed E-state index contributed by atoms with van der Waals surface area (Å²) >= 11 is 0. The second-order valence-electron chi connectivity index (χ2n) is 6.78. The standard InChI is InChI=1S/C22H28N2O6/c1-14(2)30-22(26)16-6-7-17(23)19(12-16)29-13-21(25)24-10-9-15-5-8-18(27-3)20(11-15)28-4/h5-8,11-12,14H,9-10,13,23H2,1-4H3,(H,24,25). The minimum Gasteiger partial charge on any atom is -0.493 e. The zero-order chi connectivity index (χ0) is 22.1. The third kappa shape index (κ3) is 6.58. The first-order valence-corrected chi connectivity index (χ1v) is 9.55. The van der Waals surface area contributed by atoms with Crippen LogP contribution in [0.4, 0.5) is 5.69 Å². The van der Waals surface area contributed by atoms with Gasteiger partial charge in [-0.25, -0.2) is 4.79 Å². The van der Waals surface area contributed by atoms with E-state index in [-0.39, 0.29) is 24.4 Å². The molecule has 0 aliphatic carbocycles. The van der Waals surface area contributed by atoms with Gasteiger partial charge in [-0.1, -0.05) is 6.07 Å². The Morgan fingerprint density at radius 2 is 1.73 bits per heavy atom.